The molecule has 20 heavy (non-hydrogen) atoms. The van der Waals surface area contributed by atoms with Crippen molar-refractivity contribution >= 4 is 17.8 Å². The molecule has 1 amide bonds. The largest absolute Gasteiger partial charge is 0.350 e. The van der Waals surface area contributed by atoms with Crippen LogP contribution in [0.25, 0.3) is 0 Å². The normalized spacial score (nSPS) is 10.7. The summed E-state index contributed by atoms with van der Waals surface area (Å²) in [5, 5.41) is 14.4. The molecule has 0 saturated heterocycles. The molecule has 0 aliphatic rings. The highest BCUT2D eigenvalue weighted by Crippen LogP contribution is 2.12. The molecule has 0 saturated carbocycles. The molecule has 7 heteroatoms. The molecule has 2 rings (SSSR count). The van der Waals surface area contributed by atoms with E-state index in [0.29, 0.717) is 0 Å². The fourth-order valence-corrected chi connectivity index (χ4v) is 1.59. The van der Waals surface area contributed by atoms with Gasteiger partial charge in [-0.1, -0.05) is 6.07 Å². The third kappa shape index (κ3) is 3.08. The van der Waals surface area contributed by atoms with E-state index < -0.39 is 10.8 Å². The summed E-state index contributed by atoms with van der Waals surface area (Å²) in [4.78, 5) is 21.9. The van der Waals surface area contributed by atoms with E-state index in [1.165, 1.54) is 30.5 Å². The van der Waals surface area contributed by atoms with Crippen molar-refractivity contribution in [1.82, 2.24) is 9.99 Å². The van der Waals surface area contributed by atoms with Gasteiger partial charge < -0.3 is 4.57 Å². The first-order valence-electron chi connectivity index (χ1n) is 5.77. The number of benzene rings is 1. The third-order valence-corrected chi connectivity index (χ3v) is 2.67. The minimum absolute atomic E-state index is 0.135. The topological polar surface area (TPSA) is 89.5 Å². The van der Waals surface area contributed by atoms with Crippen molar-refractivity contribution in [3.05, 3.63) is 64.0 Å². The van der Waals surface area contributed by atoms with Gasteiger partial charge in [0.25, 0.3) is 11.6 Å². The van der Waals surface area contributed by atoms with E-state index in [1.54, 1.807) is 0 Å². The number of nitrogens with one attached hydrogen (secondary N) is 1. The second-order valence-electron chi connectivity index (χ2n) is 4.05. The number of aryl methyl sites for hydroxylation is 1. The zero-order valence-electron chi connectivity index (χ0n) is 10.7. The Morgan fingerprint density at radius 3 is 2.85 bits per heavy atom. The van der Waals surface area contributed by atoms with E-state index >= 15 is 0 Å². The van der Waals surface area contributed by atoms with Crippen LogP contribution in [0.1, 0.15) is 16.1 Å². The molecular formula is C13H12N4O3. The van der Waals surface area contributed by atoms with Crippen molar-refractivity contribution < 1.29 is 9.72 Å². The van der Waals surface area contributed by atoms with Crippen LogP contribution in [0.4, 0.5) is 5.69 Å². The summed E-state index contributed by atoms with van der Waals surface area (Å²) >= 11 is 0. The van der Waals surface area contributed by atoms with E-state index in [0.717, 1.165) is 5.69 Å². The van der Waals surface area contributed by atoms with Crippen LogP contribution in [0, 0.1) is 10.1 Å². The van der Waals surface area contributed by atoms with Gasteiger partial charge in [-0.05, 0) is 18.2 Å². The zero-order chi connectivity index (χ0) is 14.5. The summed E-state index contributed by atoms with van der Waals surface area (Å²) in [6.45, 7) is 0. The van der Waals surface area contributed by atoms with Crippen molar-refractivity contribution in [2.45, 2.75) is 0 Å². The summed E-state index contributed by atoms with van der Waals surface area (Å²) in [6.07, 6.45) is 3.35. The van der Waals surface area contributed by atoms with Crippen LogP contribution in [-0.4, -0.2) is 21.6 Å². The molecule has 2 aromatic rings. The fraction of sp³-hybridized carbons (Fsp3) is 0.0769. The van der Waals surface area contributed by atoms with Crippen LogP contribution in [0.3, 0.4) is 0 Å². The molecule has 1 heterocycles. The maximum absolute atomic E-state index is 11.8. The second-order valence-corrected chi connectivity index (χ2v) is 4.05. The van der Waals surface area contributed by atoms with Gasteiger partial charge in [0.2, 0.25) is 0 Å². The fourth-order valence-electron chi connectivity index (χ4n) is 1.59. The Hall–Kier alpha value is -2.96. The number of amides is 1. The molecule has 102 valence electrons. The van der Waals surface area contributed by atoms with Crippen molar-refractivity contribution in [3.63, 3.8) is 0 Å². The number of aromatic nitrogens is 1. The molecular weight excluding hydrogens is 260 g/mol. The molecule has 0 atom stereocenters. The summed E-state index contributed by atoms with van der Waals surface area (Å²) in [5.74, 6) is -0.501. The number of rotatable bonds is 4. The molecule has 0 radical (unpaired) electrons. The number of non-ortho nitro benzene ring substituents is 1. The smallest absolute Gasteiger partial charge is 0.271 e. The first-order chi connectivity index (χ1) is 9.58. The van der Waals surface area contributed by atoms with Crippen molar-refractivity contribution in [2.75, 3.05) is 0 Å². The summed E-state index contributed by atoms with van der Waals surface area (Å²) in [5.41, 5.74) is 3.20. The predicted octanol–water partition coefficient (Wildman–Crippen LogP) is 1.70. The number of carbonyl (C=O) groups is 1. The average molecular weight is 272 g/mol. The monoisotopic (exact) mass is 272 g/mol. The molecule has 1 aromatic heterocycles. The Morgan fingerprint density at radius 2 is 2.20 bits per heavy atom. The lowest BCUT2D eigenvalue weighted by molar-refractivity contribution is -0.384. The number of nitro benzene ring substituents is 1. The third-order valence-electron chi connectivity index (χ3n) is 2.67. The van der Waals surface area contributed by atoms with E-state index in [9.17, 15) is 14.9 Å². The number of hydrogen-bond acceptors (Lipinski definition) is 4. The first-order valence-corrected chi connectivity index (χ1v) is 5.77. The van der Waals surface area contributed by atoms with Gasteiger partial charge in [-0.2, -0.15) is 5.10 Å². The number of hydrogen-bond donors (Lipinski definition) is 1. The van der Waals surface area contributed by atoms with E-state index in [2.05, 4.69) is 10.5 Å². The van der Waals surface area contributed by atoms with Crippen LogP contribution in [0.5, 0.6) is 0 Å². The molecule has 0 aliphatic heterocycles. The molecule has 7 nitrogen and oxygen atoms in total. The van der Waals surface area contributed by atoms with Gasteiger partial charge >= 0.3 is 0 Å². The van der Waals surface area contributed by atoms with Gasteiger partial charge in [0.1, 0.15) is 0 Å². The quantitative estimate of drug-likeness (QED) is 0.521. The van der Waals surface area contributed by atoms with E-state index in [1.807, 2.05) is 29.9 Å². The minimum atomic E-state index is -0.552. The van der Waals surface area contributed by atoms with Gasteiger partial charge in [0, 0.05) is 30.9 Å². The lowest BCUT2D eigenvalue weighted by Crippen LogP contribution is -2.17. The summed E-state index contributed by atoms with van der Waals surface area (Å²) < 4.78 is 1.84. The van der Waals surface area contributed by atoms with Gasteiger partial charge in [-0.25, -0.2) is 5.43 Å². The summed E-state index contributed by atoms with van der Waals surface area (Å²) in [6, 6.07) is 9.15. The number of nitro groups is 1. The Bertz CT molecular complexity index is 676. The minimum Gasteiger partial charge on any atom is -0.350 e. The number of carbonyl (C=O) groups excluding carboxylic acids is 1. The van der Waals surface area contributed by atoms with Crippen molar-refractivity contribution in [2.24, 2.45) is 12.1 Å². The molecule has 1 aromatic carbocycles. The predicted molar refractivity (Wildman–Crippen MR) is 73.6 cm³/mol. The van der Waals surface area contributed by atoms with E-state index in [-0.39, 0.29) is 11.3 Å². The van der Waals surface area contributed by atoms with Crippen LogP contribution < -0.4 is 5.43 Å². The van der Waals surface area contributed by atoms with Crippen LogP contribution in [0.15, 0.2) is 47.7 Å². The van der Waals surface area contributed by atoms with Crippen molar-refractivity contribution in [1.29, 1.82) is 0 Å². The SMILES string of the molecule is Cn1cccc1/C=N\NC(=O)c1cccc([N+](=O)[O-])c1. The number of nitrogens with zero attached hydrogens (tertiary/aromatic N) is 3. The maximum atomic E-state index is 11.8. The van der Waals surface area contributed by atoms with Crippen LogP contribution >= 0.6 is 0 Å². The molecule has 0 bridgehead atoms. The molecule has 1 N–H and O–H groups in total. The lowest BCUT2D eigenvalue weighted by atomic mass is 10.2. The van der Waals surface area contributed by atoms with Crippen LogP contribution in [-0.2, 0) is 7.05 Å². The van der Waals surface area contributed by atoms with Gasteiger partial charge in [0.05, 0.1) is 16.8 Å². The lowest BCUT2D eigenvalue weighted by Gasteiger charge is -2.00. The first kappa shape index (κ1) is 13.5. The standard InChI is InChI=1S/C13H12N4O3/c1-16-7-3-6-12(16)9-14-15-13(18)10-4-2-5-11(8-10)17(19)20/h2-9H,1H3,(H,15,18)/b14-9-. The highest BCUT2D eigenvalue weighted by molar-refractivity contribution is 5.95. The van der Waals surface area contributed by atoms with Crippen molar-refractivity contribution in [3.8, 4) is 0 Å². The number of hydrazone groups is 1. The highest BCUT2D eigenvalue weighted by atomic mass is 16.6. The molecule has 0 aliphatic carbocycles. The Kier molecular flexibility index (Phi) is 3.90. The zero-order valence-corrected chi connectivity index (χ0v) is 10.7. The molecule has 0 spiro atoms. The Labute approximate surface area is 114 Å². The maximum Gasteiger partial charge on any atom is 0.271 e. The van der Waals surface area contributed by atoms with Crippen LogP contribution in [0.2, 0.25) is 0 Å². The Morgan fingerprint density at radius 1 is 1.40 bits per heavy atom. The highest BCUT2D eigenvalue weighted by Gasteiger charge is 2.10. The molecule has 0 unspecified atom stereocenters. The second kappa shape index (κ2) is 5.79. The molecule has 0 fully saturated rings. The van der Waals surface area contributed by atoms with Gasteiger partial charge in [0.15, 0.2) is 0 Å². The van der Waals surface area contributed by atoms with E-state index in [4.69, 9.17) is 0 Å². The summed E-state index contributed by atoms with van der Waals surface area (Å²) in [7, 11) is 1.85. The van der Waals surface area contributed by atoms with Gasteiger partial charge in [-0.3, -0.25) is 14.9 Å². The van der Waals surface area contributed by atoms with Gasteiger partial charge in [-0.15, -0.1) is 0 Å². The average Bonchev–Trinajstić information content (AvgIpc) is 2.84. The Balaban J connectivity index is 2.05.